The van der Waals surface area contributed by atoms with Gasteiger partial charge in [-0.3, -0.25) is 0 Å². The molecule has 0 fully saturated rings. The van der Waals surface area contributed by atoms with Crippen molar-refractivity contribution >= 4 is 0 Å². The quantitative estimate of drug-likeness (QED) is 0.475. The molecule has 0 saturated heterocycles. The van der Waals surface area contributed by atoms with Gasteiger partial charge in [-0.15, -0.1) is 12.1 Å². The normalized spacial score (nSPS) is 12.0. The second kappa shape index (κ2) is 11.5. The molecular weight excluding hydrogens is 225 g/mol. The van der Waals surface area contributed by atoms with Crippen molar-refractivity contribution in [3.63, 3.8) is 0 Å². The summed E-state index contributed by atoms with van der Waals surface area (Å²) in [6.07, 6.45) is 6.38. The van der Waals surface area contributed by atoms with Gasteiger partial charge in [0.1, 0.15) is 0 Å². The van der Waals surface area contributed by atoms with E-state index in [1.807, 2.05) is 0 Å². The molecule has 0 saturated carbocycles. The first kappa shape index (κ1) is 18.6. The largest absolute Gasteiger partial charge is 1.00 e. The van der Waals surface area contributed by atoms with Crippen LogP contribution in [0.4, 0.5) is 0 Å². The molecule has 1 nitrogen and oxygen atoms in total. The minimum atomic E-state index is 0. The maximum atomic E-state index is 2.53. The molecule has 0 aliphatic carbocycles. The fourth-order valence-electron chi connectivity index (χ4n) is 2.34. The number of unbranched alkanes of at least 4 members (excludes halogenated alkanes) is 1. The zero-order chi connectivity index (χ0) is 13.2. The summed E-state index contributed by atoms with van der Waals surface area (Å²) in [4.78, 5) is 2.53. The van der Waals surface area contributed by atoms with Gasteiger partial charge in [0.15, 0.2) is 0 Å². The molecule has 2 heteroatoms. The fraction of sp³-hybridized carbons (Fsp3) is 0.588. The molecule has 1 aromatic rings. The Morgan fingerprint density at radius 1 is 1.05 bits per heavy atom. The van der Waals surface area contributed by atoms with Gasteiger partial charge in [0.25, 0.3) is 0 Å². The second-order valence-electron chi connectivity index (χ2n) is 4.97. The first-order valence-electron chi connectivity index (χ1n) is 7.42. The first-order valence-corrected chi connectivity index (χ1v) is 7.42. The Morgan fingerprint density at radius 2 is 1.68 bits per heavy atom. The van der Waals surface area contributed by atoms with Gasteiger partial charge < -0.3 is 4.90 Å². The van der Waals surface area contributed by atoms with Crippen LogP contribution in [0, 0.1) is 12.3 Å². The molecule has 1 rings (SSSR count). The minimum Gasteiger partial charge on any atom is -0.304 e. The fourth-order valence-corrected chi connectivity index (χ4v) is 2.34. The Morgan fingerprint density at radius 3 is 2.21 bits per heavy atom. The predicted octanol–water partition coefficient (Wildman–Crippen LogP) is 1.39. The molecule has 1 atom stereocenters. The second-order valence-corrected chi connectivity index (χ2v) is 4.97. The molecule has 0 spiro atoms. The van der Waals surface area contributed by atoms with Crippen molar-refractivity contribution in [1.82, 2.24) is 4.90 Å². The molecule has 19 heavy (non-hydrogen) atoms. The summed E-state index contributed by atoms with van der Waals surface area (Å²) in [6, 6.07) is 10.8. The summed E-state index contributed by atoms with van der Waals surface area (Å²) < 4.78 is 0. The Hall–Kier alpha value is -0.353. The van der Waals surface area contributed by atoms with E-state index in [0.717, 1.165) is 13.1 Å². The van der Waals surface area contributed by atoms with Crippen LogP contribution in [0.2, 0.25) is 0 Å². The van der Waals surface area contributed by atoms with Crippen LogP contribution in [0.1, 0.15) is 45.6 Å². The average Bonchev–Trinajstić information content (AvgIpc) is 2.42. The number of hydrogen-bond acceptors (Lipinski definition) is 1. The van der Waals surface area contributed by atoms with E-state index < -0.39 is 0 Å². The van der Waals surface area contributed by atoms with E-state index in [0.29, 0.717) is 5.92 Å². The number of rotatable bonds is 9. The smallest absolute Gasteiger partial charge is 0.304 e. The van der Waals surface area contributed by atoms with Crippen LogP contribution in [-0.4, -0.2) is 24.5 Å². The molecular formula is C17H28LiN. The summed E-state index contributed by atoms with van der Waals surface area (Å²) in [5.74, 6) is 0.687. The molecule has 102 valence electrons. The van der Waals surface area contributed by atoms with Crippen molar-refractivity contribution < 1.29 is 18.9 Å². The number of hydrogen-bond donors (Lipinski definition) is 0. The van der Waals surface area contributed by atoms with E-state index in [2.05, 4.69) is 62.4 Å². The van der Waals surface area contributed by atoms with Crippen LogP contribution in [0.5, 0.6) is 0 Å². The Labute approximate surface area is 132 Å². The Kier molecular flexibility index (Phi) is 11.3. The maximum Gasteiger partial charge on any atom is 1.00 e. The molecule has 0 aromatic heterocycles. The maximum absolute atomic E-state index is 2.53. The van der Waals surface area contributed by atoms with Gasteiger partial charge in [0, 0.05) is 0 Å². The third kappa shape index (κ3) is 7.73. The molecule has 0 unspecified atom stereocenters. The predicted molar refractivity (Wildman–Crippen MR) is 80.6 cm³/mol. The van der Waals surface area contributed by atoms with E-state index in [-0.39, 0.29) is 18.9 Å². The topological polar surface area (TPSA) is 3.24 Å². The van der Waals surface area contributed by atoms with Crippen LogP contribution in [0.25, 0.3) is 0 Å². The van der Waals surface area contributed by atoms with Gasteiger partial charge >= 0.3 is 18.9 Å². The van der Waals surface area contributed by atoms with Crippen molar-refractivity contribution in [2.75, 3.05) is 19.6 Å². The van der Waals surface area contributed by atoms with Crippen molar-refractivity contribution in [2.45, 2.75) is 40.0 Å². The van der Waals surface area contributed by atoms with Gasteiger partial charge in [-0.25, -0.2) is 0 Å². The van der Waals surface area contributed by atoms with Crippen LogP contribution in [0.3, 0.4) is 0 Å². The monoisotopic (exact) mass is 253 g/mol. The minimum absolute atomic E-state index is 0. The third-order valence-corrected chi connectivity index (χ3v) is 3.54. The number of nitrogens with zero attached hydrogens (tertiary/aromatic N) is 1. The summed E-state index contributed by atoms with van der Waals surface area (Å²) >= 11 is 0. The van der Waals surface area contributed by atoms with E-state index >= 15 is 0 Å². The molecule has 0 heterocycles. The van der Waals surface area contributed by atoms with Crippen molar-refractivity contribution in [1.29, 1.82) is 0 Å². The SMILES string of the molecule is CCCC[C@H]([CH-]c1ccccc1)CN(CC)CC.[Li+]. The molecule has 0 amide bonds. The molecule has 0 aliphatic rings. The van der Waals surface area contributed by atoms with E-state index in [4.69, 9.17) is 0 Å². The van der Waals surface area contributed by atoms with Crippen molar-refractivity contribution in [3.05, 3.63) is 42.3 Å². The first-order chi connectivity index (χ1) is 8.80. The summed E-state index contributed by atoms with van der Waals surface area (Å²) in [5, 5.41) is 0. The van der Waals surface area contributed by atoms with Gasteiger partial charge in [-0.1, -0.05) is 52.0 Å². The van der Waals surface area contributed by atoms with Gasteiger partial charge in [-0.05, 0) is 19.6 Å². The van der Waals surface area contributed by atoms with Crippen LogP contribution >= 0.6 is 0 Å². The van der Waals surface area contributed by atoms with E-state index in [9.17, 15) is 0 Å². The van der Waals surface area contributed by atoms with E-state index in [1.54, 1.807) is 0 Å². The van der Waals surface area contributed by atoms with Crippen LogP contribution in [0.15, 0.2) is 30.3 Å². The van der Waals surface area contributed by atoms with Gasteiger partial charge in [0.2, 0.25) is 0 Å². The Bertz CT molecular complexity index is 295. The van der Waals surface area contributed by atoms with Crippen LogP contribution in [-0.2, 0) is 0 Å². The summed E-state index contributed by atoms with van der Waals surface area (Å²) in [6.45, 7) is 10.3. The van der Waals surface area contributed by atoms with Gasteiger partial charge in [0.05, 0.1) is 0 Å². The molecule has 0 N–H and O–H groups in total. The van der Waals surface area contributed by atoms with E-state index in [1.165, 1.54) is 31.4 Å². The molecule has 1 aromatic carbocycles. The molecule has 0 aliphatic heterocycles. The molecule has 0 bridgehead atoms. The average molecular weight is 253 g/mol. The summed E-state index contributed by atoms with van der Waals surface area (Å²) in [7, 11) is 0. The third-order valence-electron chi connectivity index (χ3n) is 3.54. The zero-order valence-corrected chi connectivity index (χ0v) is 13.2. The standard InChI is InChI=1S/C17H28N.Li/c1-4-7-11-17(15-18(5-2)6-3)14-16-12-9-8-10-13-16;/h8-10,12-14,17H,4-7,11,15H2,1-3H3;/q-1;+1/t17-;/m1./s1. The van der Waals surface area contributed by atoms with Gasteiger partial charge in [-0.2, -0.15) is 24.1 Å². The zero-order valence-electron chi connectivity index (χ0n) is 13.2. The number of benzene rings is 1. The molecule has 0 radical (unpaired) electrons. The van der Waals surface area contributed by atoms with Crippen molar-refractivity contribution in [3.8, 4) is 0 Å². The van der Waals surface area contributed by atoms with Crippen molar-refractivity contribution in [2.24, 2.45) is 5.92 Å². The Balaban J connectivity index is 0.00000324. The summed E-state index contributed by atoms with van der Waals surface area (Å²) in [5.41, 5.74) is 1.37. The van der Waals surface area contributed by atoms with Crippen LogP contribution < -0.4 is 18.9 Å².